The van der Waals surface area contributed by atoms with E-state index in [1.54, 1.807) is 17.9 Å². The molecule has 20 heavy (non-hydrogen) atoms. The molecular weight excluding hydrogens is 260 g/mol. The fourth-order valence-electron chi connectivity index (χ4n) is 2.76. The third-order valence-electron chi connectivity index (χ3n) is 3.72. The van der Waals surface area contributed by atoms with Gasteiger partial charge in [-0.1, -0.05) is 13.8 Å². The number of carboxylic acid groups (broad SMARTS) is 1. The van der Waals surface area contributed by atoms with Gasteiger partial charge in [-0.15, -0.1) is 0 Å². The molecule has 1 saturated heterocycles. The maximum absolute atomic E-state index is 12.3. The van der Waals surface area contributed by atoms with Crippen LogP contribution in [0.1, 0.15) is 26.7 Å². The van der Waals surface area contributed by atoms with E-state index in [2.05, 4.69) is 10.4 Å². The van der Waals surface area contributed by atoms with Crippen LogP contribution >= 0.6 is 0 Å². The van der Waals surface area contributed by atoms with Gasteiger partial charge in [0.15, 0.2) is 0 Å². The number of piperidine rings is 1. The summed E-state index contributed by atoms with van der Waals surface area (Å²) in [7, 11) is 1.75. The van der Waals surface area contributed by atoms with Crippen LogP contribution in [0, 0.1) is 5.41 Å². The van der Waals surface area contributed by atoms with Gasteiger partial charge in [-0.3, -0.25) is 4.68 Å². The molecule has 7 nitrogen and oxygen atoms in total. The maximum Gasteiger partial charge on any atom is 0.327 e. The lowest BCUT2D eigenvalue weighted by molar-refractivity contribution is -0.148. The van der Waals surface area contributed by atoms with Gasteiger partial charge in [-0.05, 0) is 18.3 Å². The van der Waals surface area contributed by atoms with E-state index in [0.717, 1.165) is 12.8 Å². The first-order valence-corrected chi connectivity index (χ1v) is 6.60. The molecule has 1 aromatic rings. The highest BCUT2D eigenvalue weighted by atomic mass is 16.4. The number of carbonyl (C=O) groups is 2. The number of carbonyl (C=O) groups excluding carboxylic acids is 1. The van der Waals surface area contributed by atoms with Crippen molar-refractivity contribution < 1.29 is 14.7 Å². The number of urea groups is 1. The molecule has 1 atom stereocenters. The summed E-state index contributed by atoms with van der Waals surface area (Å²) in [5, 5.41) is 16.1. The summed E-state index contributed by atoms with van der Waals surface area (Å²) in [6.07, 6.45) is 4.80. The van der Waals surface area contributed by atoms with Gasteiger partial charge >= 0.3 is 12.0 Å². The van der Waals surface area contributed by atoms with Crippen molar-refractivity contribution in [2.75, 3.05) is 11.9 Å². The van der Waals surface area contributed by atoms with Crippen LogP contribution in [0.25, 0.3) is 0 Å². The standard InChI is InChI=1S/C13H20N4O3/c1-13(2)5-4-6-17(10(13)11(18)19)12(20)15-9-7-14-16(3)8-9/h7-8,10H,4-6H2,1-3H3,(H,15,20)(H,18,19). The molecule has 2 amide bonds. The largest absolute Gasteiger partial charge is 0.480 e. The molecule has 0 saturated carbocycles. The van der Waals surface area contributed by atoms with Crippen LogP contribution in [-0.2, 0) is 11.8 Å². The van der Waals surface area contributed by atoms with E-state index in [1.807, 2.05) is 13.8 Å². The lowest BCUT2D eigenvalue weighted by Crippen LogP contribution is -2.57. The Bertz CT molecular complexity index is 523. The average Bonchev–Trinajstić information content (AvgIpc) is 2.72. The quantitative estimate of drug-likeness (QED) is 0.860. The second-order valence-corrected chi connectivity index (χ2v) is 5.86. The first-order chi connectivity index (χ1) is 9.31. The lowest BCUT2D eigenvalue weighted by Gasteiger charge is -2.43. The summed E-state index contributed by atoms with van der Waals surface area (Å²) in [5.74, 6) is -0.962. The van der Waals surface area contributed by atoms with Gasteiger partial charge in [0, 0.05) is 19.8 Å². The molecule has 1 unspecified atom stereocenters. The van der Waals surface area contributed by atoms with Crippen molar-refractivity contribution in [2.45, 2.75) is 32.7 Å². The minimum Gasteiger partial charge on any atom is -0.480 e. The van der Waals surface area contributed by atoms with Gasteiger partial charge in [0.25, 0.3) is 0 Å². The molecule has 0 aromatic carbocycles. The molecule has 2 N–H and O–H groups in total. The molecule has 0 spiro atoms. The van der Waals surface area contributed by atoms with Gasteiger partial charge < -0.3 is 15.3 Å². The van der Waals surface area contributed by atoms with E-state index in [1.165, 1.54) is 11.1 Å². The van der Waals surface area contributed by atoms with Crippen molar-refractivity contribution in [3.63, 3.8) is 0 Å². The number of likely N-dealkylation sites (tertiary alicyclic amines) is 1. The van der Waals surface area contributed by atoms with E-state index < -0.39 is 23.5 Å². The summed E-state index contributed by atoms with van der Waals surface area (Å²) < 4.78 is 1.57. The molecule has 1 aliphatic heterocycles. The molecular formula is C13H20N4O3. The molecule has 2 rings (SSSR count). The zero-order valence-electron chi connectivity index (χ0n) is 12.0. The Morgan fingerprint density at radius 2 is 2.20 bits per heavy atom. The molecule has 0 radical (unpaired) electrons. The van der Waals surface area contributed by atoms with Crippen molar-refractivity contribution >= 4 is 17.7 Å². The second-order valence-electron chi connectivity index (χ2n) is 5.86. The van der Waals surface area contributed by atoms with Gasteiger partial charge in [-0.2, -0.15) is 5.10 Å². The van der Waals surface area contributed by atoms with E-state index in [-0.39, 0.29) is 0 Å². The molecule has 1 fully saturated rings. The monoisotopic (exact) mass is 280 g/mol. The van der Waals surface area contributed by atoms with Crippen molar-refractivity contribution in [1.82, 2.24) is 14.7 Å². The van der Waals surface area contributed by atoms with Crippen LogP contribution in [0.2, 0.25) is 0 Å². The predicted octanol–water partition coefficient (Wildman–Crippen LogP) is 1.53. The van der Waals surface area contributed by atoms with Crippen molar-refractivity contribution in [2.24, 2.45) is 12.5 Å². The van der Waals surface area contributed by atoms with Crippen LogP contribution in [0.3, 0.4) is 0 Å². The first-order valence-electron chi connectivity index (χ1n) is 6.60. The molecule has 110 valence electrons. The maximum atomic E-state index is 12.3. The number of rotatable bonds is 2. The fraction of sp³-hybridized carbons (Fsp3) is 0.615. The Hall–Kier alpha value is -2.05. The Balaban J connectivity index is 2.16. The van der Waals surface area contributed by atoms with Crippen molar-refractivity contribution in [3.8, 4) is 0 Å². The van der Waals surface area contributed by atoms with Crippen LogP contribution in [0.15, 0.2) is 12.4 Å². The number of anilines is 1. The number of aryl methyl sites for hydroxylation is 1. The Kier molecular flexibility index (Phi) is 3.69. The smallest absolute Gasteiger partial charge is 0.327 e. The highest BCUT2D eigenvalue weighted by Gasteiger charge is 2.44. The summed E-state index contributed by atoms with van der Waals surface area (Å²) in [6.45, 7) is 4.22. The summed E-state index contributed by atoms with van der Waals surface area (Å²) >= 11 is 0. The number of nitrogens with zero attached hydrogens (tertiary/aromatic N) is 3. The number of hydrogen-bond donors (Lipinski definition) is 2. The molecule has 2 heterocycles. The van der Waals surface area contributed by atoms with Crippen molar-refractivity contribution in [1.29, 1.82) is 0 Å². The SMILES string of the molecule is Cn1cc(NC(=O)N2CCCC(C)(C)C2C(=O)O)cn1. The highest BCUT2D eigenvalue weighted by molar-refractivity contribution is 5.92. The van der Waals surface area contributed by atoms with E-state index in [4.69, 9.17) is 0 Å². The number of nitrogens with one attached hydrogen (secondary N) is 1. The Labute approximate surface area is 117 Å². The minimum atomic E-state index is -0.962. The summed E-state index contributed by atoms with van der Waals surface area (Å²) in [4.78, 5) is 25.2. The van der Waals surface area contributed by atoms with E-state index in [0.29, 0.717) is 12.2 Å². The normalized spacial score (nSPS) is 21.6. The Morgan fingerprint density at radius 3 is 2.75 bits per heavy atom. The summed E-state index contributed by atoms with van der Waals surface area (Å²) in [5.41, 5.74) is 0.126. The van der Waals surface area contributed by atoms with Gasteiger partial charge in [-0.25, -0.2) is 9.59 Å². The number of amides is 2. The highest BCUT2D eigenvalue weighted by Crippen LogP contribution is 2.35. The van der Waals surface area contributed by atoms with Crippen molar-refractivity contribution in [3.05, 3.63) is 12.4 Å². The van der Waals surface area contributed by atoms with E-state index in [9.17, 15) is 14.7 Å². The predicted molar refractivity (Wildman–Crippen MR) is 73.4 cm³/mol. The van der Waals surface area contributed by atoms with Gasteiger partial charge in [0.2, 0.25) is 0 Å². The number of carboxylic acids is 1. The average molecular weight is 280 g/mol. The third kappa shape index (κ3) is 2.76. The summed E-state index contributed by atoms with van der Waals surface area (Å²) in [6, 6.07) is -1.20. The van der Waals surface area contributed by atoms with Crippen LogP contribution in [0.4, 0.5) is 10.5 Å². The zero-order valence-corrected chi connectivity index (χ0v) is 12.0. The lowest BCUT2D eigenvalue weighted by atomic mass is 9.76. The van der Waals surface area contributed by atoms with Gasteiger partial charge in [0.05, 0.1) is 11.9 Å². The molecule has 0 aliphatic carbocycles. The second kappa shape index (κ2) is 5.15. The molecule has 1 aliphatic rings. The zero-order chi connectivity index (χ0) is 14.9. The fourth-order valence-corrected chi connectivity index (χ4v) is 2.76. The number of hydrogen-bond acceptors (Lipinski definition) is 3. The molecule has 1 aromatic heterocycles. The number of aliphatic carboxylic acids is 1. The minimum absolute atomic E-state index is 0.391. The van der Waals surface area contributed by atoms with E-state index >= 15 is 0 Å². The first kappa shape index (κ1) is 14.4. The molecule has 7 heteroatoms. The third-order valence-corrected chi connectivity index (χ3v) is 3.72. The molecule has 0 bridgehead atoms. The number of aromatic nitrogens is 2. The van der Waals surface area contributed by atoms with Crippen LogP contribution in [0.5, 0.6) is 0 Å². The van der Waals surface area contributed by atoms with Gasteiger partial charge in [0.1, 0.15) is 6.04 Å². The Morgan fingerprint density at radius 1 is 1.50 bits per heavy atom. The topological polar surface area (TPSA) is 87.5 Å². The van der Waals surface area contributed by atoms with Crippen LogP contribution in [-0.4, -0.2) is 44.4 Å². The van der Waals surface area contributed by atoms with Crippen LogP contribution < -0.4 is 5.32 Å².